The highest BCUT2D eigenvalue weighted by Crippen LogP contribution is 2.51. The SMILES string of the molecule is COc1cc(F)c(F)c(NC2CC=C(C)C=C2F)c1NS(=O)(=O)C1(CC2COC(C)(C)O2)CC1. The zero-order valence-electron chi connectivity index (χ0n) is 19.5. The molecule has 0 bridgehead atoms. The molecule has 1 aliphatic heterocycles. The maximum Gasteiger partial charge on any atom is 0.238 e. The molecule has 0 amide bonds. The summed E-state index contributed by atoms with van der Waals surface area (Å²) in [6.45, 7) is 5.47. The standard InChI is InChI=1S/C23H29F3N2O5S/c1-13-5-6-17(15(24)9-13)27-21-19(26)16(25)10-18(31-4)20(21)28-34(29,30)23(7-8-23)11-14-12-32-22(2,3)33-14/h5,9-10,14,17,27-28H,6-8,11-12H2,1-4H3. The highest BCUT2D eigenvalue weighted by atomic mass is 32.2. The summed E-state index contributed by atoms with van der Waals surface area (Å²) in [6.07, 6.45) is 3.72. The van der Waals surface area contributed by atoms with Crippen LogP contribution in [-0.4, -0.2) is 44.8 Å². The fourth-order valence-corrected chi connectivity index (χ4v) is 6.07. The number of methoxy groups -OCH3 is 1. The molecule has 3 aliphatic rings. The molecule has 7 nitrogen and oxygen atoms in total. The molecule has 11 heteroatoms. The van der Waals surface area contributed by atoms with Crippen LogP contribution in [0.1, 0.15) is 46.5 Å². The van der Waals surface area contributed by atoms with Gasteiger partial charge >= 0.3 is 0 Å². The summed E-state index contributed by atoms with van der Waals surface area (Å²) in [5.74, 6) is -4.20. The summed E-state index contributed by atoms with van der Waals surface area (Å²) in [5, 5.41) is 2.63. The second-order valence-electron chi connectivity index (χ2n) is 9.48. The van der Waals surface area contributed by atoms with E-state index in [2.05, 4.69) is 10.0 Å². The van der Waals surface area contributed by atoms with E-state index >= 15 is 0 Å². The van der Waals surface area contributed by atoms with Crippen LogP contribution in [0, 0.1) is 11.6 Å². The van der Waals surface area contributed by atoms with Crippen molar-refractivity contribution >= 4 is 21.4 Å². The predicted octanol–water partition coefficient (Wildman–Crippen LogP) is 4.77. The molecule has 0 spiro atoms. The Morgan fingerprint density at radius 2 is 1.91 bits per heavy atom. The van der Waals surface area contributed by atoms with Crippen LogP contribution in [0.3, 0.4) is 0 Å². The monoisotopic (exact) mass is 502 g/mol. The van der Waals surface area contributed by atoms with Crippen LogP contribution in [0.5, 0.6) is 5.75 Å². The van der Waals surface area contributed by atoms with Gasteiger partial charge in [-0.1, -0.05) is 11.6 Å². The van der Waals surface area contributed by atoms with Gasteiger partial charge in [-0.3, -0.25) is 4.72 Å². The Morgan fingerprint density at radius 1 is 1.21 bits per heavy atom. The summed E-state index contributed by atoms with van der Waals surface area (Å²) in [7, 11) is -2.88. The average Bonchev–Trinajstić information content (AvgIpc) is 3.46. The molecule has 2 atom stereocenters. The first-order valence-electron chi connectivity index (χ1n) is 11.1. The van der Waals surface area contributed by atoms with E-state index in [4.69, 9.17) is 14.2 Å². The van der Waals surface area contributed by atoms with Crippen molar-refractivity contribution in [3.63, 3.8) is 0 Å². The van der Waals surface area contributed by atoms with Gasteiger partial charge in [0.05, 0.1) is 30.6 Å². The molecule has 0 radical (unpaired) electrons. The van der Waals surface area contributed by atoms with Crippen molar-refractivity contribution in [1.82, 2.24) is 0 Å². The van der Waals surface area contributed by atoms with E-state index in [0.29, 0.717) is 18.4 Å². The van der Waals surface area contributed by atoms with Gasteiger partial charge in [-0.15, -0.1) is 0 Å². The number of hydrogen-bond acceptors (Lipinski definition) is 6. The van der Waals surface area contributed by atoms with Crippen LogP contribution in [0.4, 0.5) is 24.5 Å². The molecule has 34 heavy (non-hydrogen) atoms. The molecule has 0 aromatic heterocycles. The quantitative estimate of drug-likeness (QED) is 0.533. The number of rotatable bonds is 8. The number of anilines is 2. The molecule has 188 valence electrons. The Balaban J connectivity index is 1.64. The first-order valence-corrected chi connectivity index (χ1v) is 12.6. The smallest absolute Gasteiger partial charge is 0.238 e. The number of sulfonamides is 1. The second-order valence-corrected chi connectivity index (χ2v) is 11.6. The number of ether oxygens (including phenoxy) is 3. The average molecular weight is 503 g/mol. The lowest BCUT2D eigenvalue weighted by atomic mass is 10.0. The Kier molecular flexibility index (Phi) is 6.41. The minimum atomic E-state index is -4.09. The number of halogens is 3. The van der Waals surface area contributed by atoms with Gasteiger partial charge in [0.25, 0.3) is 0 Å². The van der Waals surface area contributed by atoms with Gasteiger partial charge in [0.15, 0.2) is 17.4 Å². The van der Waals surface area contributed by atoms with E-state index in [1.54, 1.807) is 26.8 Å². The molecule has 2 fully saturated rings. The molecule has 1 aromatic carbocycles. The van der Waals surface area contributed by atoms with Crippen LogP contribution in [-0.2, 0) is 19.5 Å². The Hall–Kier alpha value is -2.24. The van der Waals surface area contributed by atoms with Crippen LogP contribution in [0.2, 0.25) is 0 Å². The van der Waals surface area contributed by atoms with E-state index in [9.17, 15) is 21.6 Å². The topological polar surface area (TPSA) is 85.9 Å². The molecule has 2 aliphatic carbocycles. The number of allylic oxidation sites excluding steroid dienone is 2. The lowest BCUT2D eigenvalue weighted by molar-refractivity contribution is -0.139. The molecule has 1 aromatic rings. The summed E-state index contributed by atoms with van der Waals surface area (Å²) < 4.78 is 88.4. The molecule has 4 rings (SSSR count). The lowest BCUT2D eigenvalue weighted by Gasteiger charge is -2.26. The predicted molar refractivity (Wildman–Crippen MR) is 122 cm³/mol. The van der Waals surface area contributed by atoms with E-state index in [1.165, 1.54) is 13.2 Å². The van der Waals surface area contributed by atoms with Crippen LogP contribution >= 0.6 is 0 Å². The van der Waals surface area contributed by atoms with Crippen molar-refractivity contribution in [2.75, 3.05) is 23.8 Å². The van der Waals surface area contributed by atoms with Crippen molar-refractivity contribution in [1.29, 1.82) is 0 Å². The fourth-order valence-electron chi connectivity index (χ4n) is 4.34. The molecular weight excluding hydrogens is 473 g/mol. The van der Waals surface area contributed by atoms with Crippen molar-refractivity contribution in [2.24, 2.45) is 0 Å². The van der Waals surface area contributed by atoms with Crippen LogP contribution in [0.15, 0.2) is 29.6 Å². The van der Waals surface area contributed by atoms with E-state index < -0.39 is 55.9 Å². The summed E-state index contributed by atoms with van der Waals surface area (Å²) in [4.78, 5) is 0. The lowest BCUT2D eigenvalue weighted by Crippen LogP contribution is -2.35. The number of hydrogen-bond donors (Lipinski definition) is 2. The van der Waals surface area contributed by atoms with Gasteiger partial charge in [0.2, 0.25) is 10.0 Å². The largest absolute Gasteiger partial charge is 0.494 e. The zero-order valence-corrected chi connectivity index (χ0v) is 20.3. The van der Waals surface area contributed by atoms with E-state index in [1.807, 2.05) is 0 Å². The van der Waals surface area contributed by atoms with Crippen molar-refractivity contribution in [3.05, 3.63) is 41.3 Å². The zero-order chi connectivity index (χ0) is 24.9. The third-order valence-corrected chi connectivity index (χ3v) is 8.56. The molecule has 1 saturated carbocycles. The maximum atomic E-state index is 14.9. The maximum absolute atomic E-state index is 14.9. The minimum Gasteiger partial charge on any atom is -0.494 e. The third kappa shape index (κ3) is 4.78. The molecule has 2 N–H and O–H groups in total. The van der Waals surface area contributed by atoms with E-state index in [-0.39, 0.29) is 30.9 Å². The van der Waals surface area contributed by atoms with Gasteiger partial charge in [-0.2, -0.15) is 0 Å². The van der Waals surface area contributed by atoms with Gasteiger partial charge in [-0.25, -0.2) is 21.6 Å². The van der Waals surface area contributed by atoms with Gasteiger partial charge < -0.3 is 19.5 Å². The van der Waals surface area contributed by atoms with Crippen molar-refractivity contribution < 1.29 is 35.8 Å². The van der Waals surface area contributed by atoms with Gasteiger partial charge in [0.1, 0.15) is 23.0 Å². The second kappa shape index (κ2) is 8.76. The Bertz CT molecular complexity index is 1150. The summed E-state index contributed by atoms with van der Waals surface area (Å²) in [5.41, 5.74) is -0.124. The molecule has 1 saturated heterocycles. The summed E-state index contributed by atoms with van der Waals surface area (Å²) in [6, 6.07) is -0.236. The Morgan fingerprint density at radius 3 is 2.47 bits per heavy atom. The number of benzene rings is 1. The van der Waals surface area contributed by atoms with Crippen LogP contribution in [0.25, 0.3) is 0 Å². The molecule has 1 heterocycles. The minimum absolute atomic E-state index is 0.178. The summed E-state index contributed by atoms with van der Waals surface area (Å²) >= 11 is 0. The van der Waals surface area contributed by atoms with Crippen LogP contribution < -0.4 is 14.8 Å². The normalized spacial score (nSPS) is 25.4. The third-order valence-electron chi connectivity index (χ3n) is 6.38. The molecule has 2 unspecified atom stereocenters. The highest BCUT2D eigenvalue weighted by Gasteiger charge is 2.57. The first-order chi connectivity index (χ1) is 15.9. The Labute approximate surface area is 197 Å². The van der Waals surface area contributed by atoms with Crippen molar-refractivity contribution in [3.8, 4) is 5.75 Å². The molecular formula is C23H29F3N2O5S. The van der Waals surface area contributed by atoms with Crippen molar-refractivity contribution in [2.45, 2.75) is 69.1 Å². The van der Waals surface area contributed by atoms with Gasteiger partial charge in [0, 0.05) is 6.07 Å². The van der Waals surface area contributed by atoms with E-state index in [0.717, 1.165) is 6.07 Å². The number of nitrogens with one attached hydrogen (secondary N) is 2. The highest BCUT2D eigenvalue weighted by molar-refractivity contribution is 7.94. The first kappa shape index (κ1) is 24.9. The fraction of sp³-hybridized carbons (Fsp3) is 0.565. The van der Waals surface area contributed by atoms with Gasteiger partial charge in [-0.05, 0) is 52.5 Å².